The summed E-state index contributed by atoms with van der Waals surface area (Å²) in [5.41, 5.74) is 7.62. The summed E-state index contributed by atoms with van der Waals surface area (Å²) in [6.07, 6.45) is 4.91. The third kappa shape index (κ3) is 3.58. The van der Waals surface area contributed by atoms with Crippen LogP contribution >= 0.6 is 27.3 Å². The molecule has 0 bridgehead atoms. The second kappa shape index (κ2) is 6.66. The minimum Gasteiger partial charge on any atom is -0.324 e. The van der Waals surface area contributed by atoms with Crippen LogP contribution in [0, 0.1) is 5.92 Å². The molecule has 86 valence electrons. The Labute approximate surface area is 105 Å². The molecule has 0 spiro atoms. The van der Waals surface area contributed by atoms with Gasteiger partial charge in [-0.1, -0.05) is 26.7 Å². The maximum Gasteiger partial charge on any atom is 0.0343 e. The van der Waals surface area contributed by atoms with Gasteiger partial charge in [0.2, 0.25) is 0 Å². The third-order valence-corrected chi connectivity index (χ3v) is 4.58. The van der Waals surface area contributed by atoms with Crippen LogP contribution < -0.4 is 5.73 Å². The molecule has 0 saturated carbocycles. The summed E-state index contributed by atoms with van der Waals surface area (Å²) in [4.78, 5) is 0. The SMILES string of the molecule is CCCC(CCC)C(N)c1cscc1Br. The summed E-state index contributed by atoms with van der Waals surface area (Å²) in [7, 11) is 0. The summed E-state index contributed by atoms with van der Waals surface area (Å²) in [6, 6.07) is 0.200. The van der Waals surface area contributed by atoms with E-state index in [1.54, 1.807) is 11.3 Å². The van der Waals surface area contributed by atoms with Crippen molar-refractivity contribution in [2.75, 3.05) is 0 Å². The van der Waals surface area contributed by atoms with E-state index in [0.29, 0.717) is 5.92 Å². The molecule has 1 nitrogen and oxygen atoms in total. The van der Waals surface area contributed by atoms with Crippen molar-refractivity contribution in [1.29, 1.82) is 0 Å². The normalized spacial score (nSPS) is 13.4. The van der Waals surface area contributed by atoms with Crippen molar-refractivity contribution >= 4 is 27.3 Å². The van der Waals surface area contributed by atoms with E-state index >= 15 is 0 Å². The van der Waals surface area contributed by atoms with Gasteiger partial charge in [0.25, 0.3) is 0 Å². The Balaban J connectivity index is 2.71. The van der Waals surface area contributed by atoms with Gasteiger partial charge in [-0.05, 0) is 45.6 Å². The Morgan fingerprint density at radius 2 is 1.87 bits per heavy atom. The van der Waals surface area contributed by atoms with Crippen LogP contribution in [0.5, 0.6) is 0 Å². The summed E-state index contributed by atoms with van der Waals surface area (Å²) >= 11 is 5.29. The average Bonchev–Trinajstić information content (AvgIpc) is 2.63. The van der Waals surface area contributed by atoms with Crippen LogP contribution in [-0.4, -0.2) is 0 Å². The first-order chi connectivity index (χ1) is 7.20. The van der Waals surface area contributed by atoms with Gasteiger partial charge in [0.1, 0.15) is 0 Å². The summed E-state index contributed by atoms with van der Waals surface area (Å²) in [6.45, 7) is 4.47. The number of rotatable bonds is 6. The first-order valence-corrected chi connectivity index (χ1v) is 7.41. The summed E-state index contributed by atoms with van der Waals surface area (Å²) in [5, 5.41) is 4.29. The molecular formula is C12H20BrNS. The molecular weight excluding hydrogens is 270 g/mol. The lowest BCUT2D eigenvalue weighted by molar-refractivity contribution is 0.368. The lowest BCUT2D eigenvalue weighted by Gasteiger charge is -2.23. The number of hydrogen-bond acceptors (Lipinski definition) is 2. The van der Waals surface area contributed by atoms with Gasteiger partial charge in [-0.3, -0.25) is 0 Å². The fourth-order valence-electron chi connectivity index (χ4n) is 2.03. The van der Waals surface area contributed by atoms with Crippen LogP contribution in [0.2, 0.25) is 0 Å². The highest BCUT2D eigenvalue weighted by Crippen LogP contribution is 2.33. The second-order valence-electron chi connectivity index (χ2n) is 4.04. The van der Waals surface area contributed by atoms with Crippen molar-refractivity contribution in [3.05, 3.63) is 20.8 Å². The number of thiophene rings is 1. The molecule has 3 heteroatoms. The van der Waals surface area contributed by atoms with Gasteiger partial charge in [-0.2, -0.15) is 11.3 Å². The minimum absolute atomic E-state index is 0.200. The minimum atomic E-state index is 0.200. The van der Waals surface area contributed by atoms with E-state index in [-0.39, 0.29) is 6.04 Å². The lowest BCUT2D eigenvalue weighted by atomic mass is 9.88. The van der Waals surface area contributed by atoms with Crippen LogP contribution in [0.4, 0.5) is 0 Å². The van der Waals surface area contributed by atoms with E-state index in [1.165, 1.54) is 35.7 Å². The van der Waals surface area contributed by atoms with Crippen molar-refractivity contribution in [3.63, 3.8) is 0 Å². The Morgan fingerprint density at radius 1 is 1.27 bits per heavy atom. The summed E-state index contributed by atoms with van der Waals surface area (Å²) < 4.78 is 1.18. The highest BCUT2D eigenvalue weighted by molar-refractivity contribution is 9.10. The predicted molar refractivity (Wildman–Crippen MR) is 72.3 cm³/mol. The maximum atomic E-state index is 6.33. The molecule has 0 aliphatic heterocycles. The summed E-state index contributed by atoms with van der Waals surface area (Å²) in [5.74, 6) is 0.630. The van der Waals surface area contributed by atoms with Crippen LogP contribution in [0.25, 0.3) is 0 Å². The molecule has 15 heavy (non-hydrogen) atoms. The maximum absolute atomic E-state index is 6.33. The Morgan fingerprint density at radius 3 is 2.27 bits per heavy atom. The number of nitrogens with two attached hydrogens (primary N) is 1. The highest BCUT2D eigenvalue weighted by atomic mass is 79.9. The largest absolute Gasteiger partial charge is 0.324 e. The van der Waals surface area contributed by atoms with E-state index in [0.717, 1.165) is 0 Å². The standard InChI is InChI=1S/C12H20BrNS/c1-3-5-9(6-4-2)12(14)10-7-15-8-11(10)13/h7-9,12H,3-6,14H2,1-2H3. The van der Waals surface area contributed by atoms with Crippen LogP contribution in [0.3, 0.4) is 0 Å². The zero-order valence-corrected chi connectivity index (χ0v) is 11.9. The quantitative estimate of drug-likeness (QED) is 0.805. The van der Waals surface area contributed by atoms with E-state index in [2.05, 4.69) is 40.5 Å². The zero-order chi connectivity index (χ0) is 11.3. The first-order valence-electron chi connectivity index (χ1n) is 5.67. The Hall–Kier alpha value is 0.140. The predicted octanol–water partition coefficient (Wildman–Crippen LogP) is 4.73. The molecule has 0 aliphatic carbocycles. The fraction of sp³-hybridized carbons (Fsp3) is 0.667. The molecule has 1 atom stereocenters. The molecule has 1 aromatic rings. The van der Waals surface area contributed by atoms with Gasteiger partial charge in [0.05, 0.1) is 0 Å². The molecule has 0 radical (unpaired) electrons. The van der Waals surface area contributed by atoms with Gasteiger partial charge in [0, 0.05) is 15.9 Å². The molecule has 0 saturated heterocycles. The molecule has 1 heterocycles. The van der Waals surface area contributed by atoms with Gasteiger partial charge in [-0.15, -0.1) is 0 Å². The van der Waals surface area contributed by atoms with Gasteiger partial charge >= 0.3 is 0 Å². The van der Waals surface area contributed by atoms with Crippen LogP contribution in [-0.2, 0) is 0 Å². The topological polar surface area (TPSA) is 26.0 Å². The number of halogens is 1. The van der Waals surface area contributed by atoms with Crippen LogP contribution in [0.15, 0.2) is 15.2 Å². The van der Waals surface area contributed by atoms with Crippen molar-refractivity contribution < 1.29 is 0 Å². The van der Waals surface area contributed by atoms with Crippen LogP contribution in [0.1, 0.15) is 51.1 Å². The molecule has 0 fully saturated rings. The van der Waals surface area contributed by atoms with E-state index < -0.39 is 0 Å². The fourth-order valence-corrected chi connectivity index (χ4v) is 3.64. The van der Waals surface area contributed by atoms with Crippen molar-refractivity contribution in [2.45, 2.75) is 45.6 Å². The highest BCUT2D eigenvalue weighted by Gasteiger charge is 2.20. The molecule has 0 aliphatic rings. The molecule has 1 rings (SSSR count). The monoisotopic (exact) mass is 289 g/mol. The van der Waals surface area contributed by atoms with Crippen molar-refractivity contribution in [2.24, 2.45) is 11.7 Å². The van der Waals surface area contributed by atoms with Crippen molar-refractivity contribution in [3.8, 4) is 0 Å². The smallest absolute Gasteiger partial charge is 0.0343 e. The molecule has 0 aromatic carbocycles. The van der Waals surface area contributed by atoms with E-state index in [9.17, 15) is 0 Å². The molecule has 2 N–H and O–H groups in total. The lowest BCUT2D eigenvalue weighted by Crippen LogP contribution is -2.21. The third-order valence-electron chi connectivity index (χ3n) is 2.83. The van der Waals surface area contributed by atoms with Gasteiger partial charge in [-0.25, -0.2) is 0 Å². The van der Waals surface area contributed by atoms with E-state index in [4.69, 9.17) is 5.73 Å². The zero-order valence-electron chi connectivity index (χ0n) is 9.50. The second-order valence-corrected chi connectivity index (χ2v) is 5.64. The average molecular weight is 290 g/mol. The van der Waals surface area contributed by atoms with Crippen molar-refractivity contribution in [1.82, 2.24) is 0 Å². The first kappa shape index (κ1) is 13.2. The Kier molecular flexibility index (Phi) is 5.87. The molecule has 1 aromatic heterocycles. The van der Waals surface area contributed by atoms with Gasteiger partial charge < -0.3 is 5.73 Å². The molecule has 0 amide bonds. The molecule has 1 unspecified atom stereocenters. The number of hydrogen-bond donors (Lipinski definition) is 1. The Bertz CT molecular complexity index is 279. The van der Waals surface area contributed by atoms with E-state index in [1.807, 2.05) is 0 Å². The van der Waals surface area contributed by atoms with Gasteiger partial charge in [0.15, 0.2) is 0 Å².